The van der Waals surface area contributed by atoms with Gasteiger partial charge in [0.15, 0.2) is 28.8 Å². The van der Waals surface area contributed by atoms with Gasteiger partial charge in [0.1, 0.15) is 18.9 Å². The van der Waals surface area contributed by atoms with Crippen LogP contribution in [0.2, 0.25) is 0 Å². The second-order valence-electron chi connectivity index (χ2n) is 5.85. The topological polar surface area (TPSA) is 72.2 Å². The molecule has 0 radical (unpaired) electrons. The molecular weight excluding hydrogens is 350 g/mol. The van der Waals surface area contributed by atoms with Crippen LogP contribution in [-0.4, -0.2) is 39.7 Å². The van der Waals surface area contributed by atoms with Crippen LogP contribution in [0.4, 0.5) is 0 Å². The van der Waals surface area contributed by atoms with Crippen molar-refractivity contribution in [2.24, 2.45) is 0 Å². The Labute approximate surface area is 156 Å². The monoisotopic (exact) mass is 369 g/mol. The Bertz CT molecular complexity index is 940. The standard InChI is InChI=1S/C20H19NO6/c1-22-18-9-13(10-19(23-2)20(18)24-3)14-11-16(27-21-14)12-4-5-15-17(8-12)26-7-6-25-15/h4-5,8-11H,6-7H2,1-3H3. The largest absolute Gasteiger partial charge is 0.493 e. The van der Waals surface area contributed by atoms with Crippen LogP contribution >= 0.6 is 0 Å². The van der Waals surface area contributed by atoms with E-state index in [-0.39, 0.29) is 0 Å². The molecule has 0 fully saturated rings. The summed E-state index contributed by atoms with van der Waals surface area (Å²) in [5.74, 6) is 3.68. The molecule has 7 heteroatoms. The molecule has 1 aliphatic heterocycles. The third kappa shape index (κ3) is 3.12. The van der Waals surface area contributed by atoms with Gasteiger partial charge in [-0.1, -0.05) is 5.16 Å². The molecule has 0 atom stereocenters. The molecule has 7 nitrogen and oxygen atoms in total. The Hall–Kier alpha value is -3.35. The summed E-state index contributed by atoms with van der Waals surface area (Å²) in [6.45, 7) is 1.09. The second-order valence-corrected chi connectivity index (χ2v) is 5.85. The van der Waals surface area contributed by atoms with Crippen LogP contribution in [-0.2, 0) is 0 Å². The molecule has 2 heterocycles. The number of methoxy groups -OCH3 is 3. The van der Waals surface area contributed by atoms with Crippen LogP contribution in [0.3, 0.4) is 0 Å². The van der Waals surface area contributed by atoms with E-state index < -0.39 is 0 Å². The van der Waals surface area contributed by atoms with Gasteiger partial charge in [0.05, 0.1) is 21.3 Å². The molecule has 0 bridgehead atoms. The molecule has 0 spiro atoms. The average molecular weight is 369 g/mol. The van der Waals surface area contributed by atoms with Crippen molar-refractivity contribution < 1.29 is 28.2 Å². The van der Waals surface area contributed by atoms with Crippen molar-refractivity contribution in [3.05, 3.63) is 36.4 Å². The molecule has 0 aliphatic carbocycles. The number of benzene rings is 2. The number of hydrogen-bond acceptors (Lipinski definition) is 7. The van der Waals surface area contributed by atoms with Crippen molar-refractivity contribution in [2.75, 3.05) is 34.5 Å². The number of aromatic nitrogens is 1. The highest BCUT2D eigenvalue weighted by Crippen LogP contribution is 2.42. The smallest absolute Gasteiger partial charge is 0.203 e. The summed E-state index contributed by atoms with van der Waals surface area (Å²) in [7, 11) is 4.71. The van der Waals surface area contributed by atoms with E-state index in [4.69, 9.17) is 28.2 Å². The van der Waals surface area contributed by atoms with E-state index in [1.54, 1.807) is 21.3 Å². The van der Waals surface area contributed by atoms with Gasteiger partial charge in [0, 0.05) is 17.2 Å². The fourth-order valence-electron chi connectivity index (χ4n) is 2.97. The fourth-order valence-corrected chi connectivity index (χ4v) is 2.97. The second kappa shape index (κ2) is 7.11. The van der Waals surface area contributed by atoms with E-state index in [9.17, 15) is 0 Å². The zero-order valence-corrected chi connectivity index (χ0v) is 15.3. The third-order valence-electron chi connectivity index (χ3n) is 4.30. The van der Waals surface area contributed by atoms with E-state index in [0.29, 0.717) is 47.7 Å². The van der Waals surface area contributed by atoms with Crippen LogP contribution in [0.1, 0.15) is 0 Å². The maximum Gasteiger partial charge on any atom is 0.203 e. The van der Waals surface area contributed by atoms with Crippen molar-refractivity contribution in [1.82, 2.24) is 5.16 Å². The zero-order chi connectivity index (χ0) is 18.8. The number of ether oxygens (including phenoxy) is 5. The molecule has 27 heavy (non-hydrogen) atoms. The maximum absolute atomic E-state index is 5.63. The van der Waals surface area contributed by atoms with Gasteiger partial charge in [0.2, 0.25) is 5.75 Å². The van der Waals surface area contributed by atoms with Crippen LogP contribution in [0.5, 0.6) is 28.7 Å². The maximum atomic E-state index is 5.63. The van der Waals surface area contributed by atoms with Gasteiger partial charge in [-0.3, -0.25) is 0 Å². The lowest BCUT2D eigenvalue weighted by Crippen LogP contribution is -2.15. The minimum Gasteiger partial charge on any atom is -0.493 e. The molecular formula is C20H19NO6. The van der Waals surface area contributed by atoms with Crippen molar-refractivity contribution >= 4 is 0 Å². The number of nitrogens with zero attached hydrogens (tertiary/aromatic N) is 1. The summed E-state index contributed by atoms with van der Waals surface area (Å²) in [6.07, 6.45) is 0. The molecule has 3 aromatic rings. The molecule has 140 valence electrons. The van der Waals surface area contributed by atoms with Crippen molar-refractivity contribution in [3.63, 3.8) is 0 Å². The Morgan fingerprint density at radius 2 is 1.48 bits per heavy atom. The van der Waals surface area contributed by atoms with E-state index in [2.05, 4.69) is 5.16 Å². The lowest BCUT2D eigenvalue weighted by molar-refractivity contribution is 0.171. The van der Waals surface area contributed by atoms with Crippen LogP contribution < -0.4 is 23.7 Å². The molecule has 4 rings (SSSR count). The van der Waals surface area contributed by atoms with Gasteiger partial charge in [-0.25, -0.2) is 0 Å². The summed E-state index contributed by atoms with van der Waals surface area (Å²) in [4.78, 5) is 0. The van der Waals surface area contributed by atoms with Crippen LogP contribution in [0.25, 0.3) is 22.6 Å². The summed E-state index contributed by atoms with van der Waals surface area (Å²) < 4.78 is 32.9. The third-order valence-corrected chi connectivity index (χ3v) is 4.30. The normalized spacial score (nSPS) is 12.6. The van der Waals surface area contributed by atoms with Crippen molar-refractivity contribution in [3.8, 4) is 51.3 Å². The Balaban J connectivity index is 1.71. The van der Waals surface area contributed by atoms with E-state index in [0.717, 1.165) is 16.9 Å². The first kappa shape index (κ1) is 17.1. The lowest BCUT2D eigenvalue weighted by atomic mass is 10.1. The highest BCUT2D eigenvalue weighted by atomic mass is 16.6. The van der Waals surface area contributed by atoms with Gasteiger partial charge in [-0.05, 0) is 30.3 Å². The molecule has 0 saturated carbocycles. The lowest BCUT2D eigenvalue weighted by Gasteiger charge is -2.18. The highest BCUT2D eigenvalue weighted by molar-refractivity contribution is 5.72. The van der Waals surface area contributed by atoms with Crippen molar-refractivity contribution in [2.45, 2.75) is 0 Å². The van der Waals surface area contributed by atoms with Gasteiger partial charge < -0.3 is 28.2 Å². The molecule has 2 aromatic carbocycles. The molecule has 0 N–H and O–H groups in total. The molecule has 0 amide bonds. The minimum atomic E-state index is 0.527. The molecule has 0 unspecified atom stereocenters. The van der Waals surface area contributed by atoms with Gasteiger partial charge in [-0.2, -0.15) is 0 Å². The van der Waals surface area contributed by atoms with E-state index in [1.165, 1.54) is 0 Å². The number of fused-ring (bicyclic) bond motifs is 1. The first-order chi connectivity index (χ1) is 13.2. The molecule has 0 saturated heterocycles. The highest BCUT2D eigenvalue weighted by Gasteiger charge is 2.18. The van der Waals surface area contributed by atoms with Crippen LogP contribution in [0.15, 0.2) is 40.9 Å². The summed E-state index contributed by atoms with van der Waals surface area (Å²) in [5, 5.41) is 4.18. The summed E-state index contributed by atoms with van der Waals surface area (Å²) in [6, 6.07) is 11.2. The SMILES string of the molecule is COc1cc(-c2cc(-c3ccc4c(c3)OCCO4)on2)cc(OC)c1OC. The minimum absolute atomic E-state index is 0.527. The Morgan fingerprint density at radius 1 is 0.778 bits per heavy atom. The first-order valence-electron chi connectivity index (χ1n) is 8.40. The number of rotatable bonds is 5. The first-order valence-corrected chi connectivity index (χ1v) is 8.40. The van der Waals surface area contributed by atoms with Crippen LogP contribution in [0, 0.1) is 0 Å². The summed E-state index contributed by atoms with van der Waals surface area (Å²) in [5.41, 5.74) is 2.29. The predicted octanol–water partition coefficient (Wildman–Crippen LogP) is 3.81. The predicted molar refractivity (Wildman–Crippen MR) is 98.0 cm³/mol. The quantitative estimate of drug-likeness (QED) is 0.677. The fraction of sp³-hybridized carbons (Fsp3) is 0.250. The number of hydrogen-bond donors (Lipinski definition) is 0. The Morgan fingerprint density at radius 3 is 2.15 bits per heavy atom. The zero-order valence-electron chi connectivity index (χ0n) is 15.3. The van der Waals surface area contributed by atoms with E-state index >= 15 is 0 Å². The summed E-state index contributed by atoms with van der Waals surface area (Å²) >= 11 is 0. The van der Waals surface area contributed by atoms with Gasteiger partial charge in [-0.15, -0.1) is 0 Å². The van der Waals surface area contributed by atoms with Gasteiger partial charge >= 0.3 is 0 Å². The molecule has 1 aromatic heterocycles. The molecule has 1 aliphatic rings. The Kier molecular flexibility index (Phi) is 4.50. The van der Waals surface area contributed by atoms with Gasteiger partial charge in [0.25, 0.3) is 0 Å². The van der Waals surface area contributed by atoms with Crippen molar-refractivity contribution in [1.29, 1.82) is 0 Å². The average Bonchev–Trinajstić information content (AvgIpc) is 3.22. The van der Waals surface area contributed by atoms with E-state index in [1.807, 2.05) is 36.4 Å².